The van der Waals surface area contributed by atoms with Crippen molar-refractivity contribution >= 4 is 33.1 Å². The van der Waals surface area contributed by atoms with E-state index >= 15 is 0 Å². The highest BCUT2D eigenvalue weighted by atomic mass is 32.1. The van der Waals surface area contributed by atoms with Gasteiger partial charge in [-0.05, 0) is 48.1 Å². The van der Waals surface area contributed by atoms with Gasteiger partial charge in [0, 0.05) is 10.6 Å². The van der Waals surface area contributed by atoms with Crippen LogP contribution in [0.4, 0.5) is 5.69 Å². The number of aromatic nitrogens is 1. The fourth-order valence-corrected chi connectivity index (χ4v) is 5.55. The minimum atomic E-state index is -0.622. The van der Waals surface area contributed by atoms with Crippen molar-refractivity contribution in [2.75, 3.05) is 5.32 Å². The molecule has 0 bridgehead atoms. The molecular formula is C26H24N2O3S. The normalized spacial score (nSPS) is 14.5. The molecule has 32 heavy (non-hydrogen) atoms. The summed E-state index contributed by atoms with van der Waals surface area (Å²) in [6.45, 7) is 0. The Morgan fingerprint density at radius 2 is 1.72 bits per heavy atom. The Hall–Kier alpha value is -3.38. The van der Waals surface area contributed by atoms with E-state index in [9.17, 15) is 14.7 Å². The molecule has 6 heteroatoms. The number of hydrogen-bond acceptors (Lipinski definition) is 4. The number of thiophene rings is 1. The molecule has 1 fully saturated rings. The Labute approximate surface area is 189 Å². The van der Waals surface area contributed by atoms with E-state index in [-0.39, 0.29) is 11.3 Å². The first-order chi connectivity index (χ1) is 15.6. The molecule has 0 atom stereocenters. The lowest BCUT2D eigenvalue weighted by Crippen LogP contribution is -2.23. The Morgan fingerprint density at radius 1 is 1.00 bits per heavy atom. The highest BCUT2D eigenvalue weighted by Gasteiger charge is 2.21. The van der Waals surface area contributed by atoms with Crippen molar-refractivity contribution in [3.63, 3.8) is 0 Å². The van der Waals surface area contributed by atoms with Crippen LogP contribution in [-0.4, -0.2) is 16.0 Å². The van der Waals surface area contributed by atoms with Gasteiger partial charge in [0.2, 0.25) is 0 Å². The molecule has 2 aromatic heterocycles. The number of aromatic amines is 1. The Balaban J connectivity index is 1.41. The van der Waals surface area contributed by atoms with Crippen LogP contribution >= 0.6 is 11.3 Å². The van der Waals surface area contributed by atoms with E-state index in [1.165, 1.54) is 49.0 Å². The smallest absolute Gasteiger partial charge is 0.265 e. The molecule has 0 saturated heterocycles. The average molecular weight is 445 g/mol. The number of anilines is 1. The third kappa shape index (κ3) is 3.94. The van der Waals surface area contributed by atoms with Gasteiger partial charge in [0.25, 0.3) is 11.5 Å². The first kappa shape index (κ1) is 20.5. The summed E-state index contributed by atoms with van der Waals surface area (Å²) in [5.41, 5.74) is 2.00. The Kier molecular flexibility index (Phi) is 5.53. The van der Waals surface area contributed by atoms with Crippen molar-refractivity contribution in [3.05, 3.63) is 82.1 Å². The molecule has 0 radical (unpaired) electrons. The summed E-state index contributed by atoms with van der Waals surface area (Å²) in [6, 6.07) is 19.3. The summed E-state index contributed by atoms with van der Waals surface area (Å²) in [7, 11) is 0. The maximum atomic E-state index is 12.9. The quantitative estimate of drug-likeness (QED) is 0.347. The molecule has 5 nitrogen and oxygen atoms in total. The van der Waals surface area contributed by atoms with Crippen LogP contribution in [0.15, 0.2) is 65.5 Å². The molecule has 4 aromatic rings. The molecule has 1 saturated carbocycles. The lowest BCUT2D eigenvalue weighted by molar-refractivity contribution is 0.102. The molecule has 1 amide bonds. The molecule has 2 heterocycles. The van der Waals surface area contributed by atoms with Crippen LogP contribution in [0.2, 0.25) is 0 Å². The molecule has 0 spiro atoms. The van der Waals surface area contributed by atoms with E-state index in [0.29, 0.717) is 21.8 Å². The van der Waals surface area contributed by atoms with E-state index in [1.807, 2.05) is 54.6 Å². The number of carbonyl (C=O) groups excluding carboxylic acids is 1. The van der Waals surface area contributed by atoms with Gasteiger partial charge in [-0.15, -0.1) is 11.3 Å². The first-order valence-electron chi connectivity index (χ1n) is 11.0. The molecule has 3 N–H and O–H groups in total. The highest BCUT2D eigenvalue weighted by Crippen LogP contribution is 2.37. The summed E-state index contributed by atoms with van der Waals surface area (Å²) in [6.07, 6.45) is 6.26. The topological polar surface area (TPSA) is 82.2 Å². The molecule has 1 aliphatic carbocycles. The number of amides is 1. The molecule has 162 valence electrons. The van der Waals surface area contributed by atoms with E-state index in [2.05, 4.69) is 10.3 Å². The zero-order valence-corrected chi connectivity index (χ0v) is 18.4. The summed E-state index contributed by atoms with van der Waals surface area (Å²) in [5.74, 6) is -0.331. The highest BCUT2D eigenvalue weighted by molar-refractivity contribution is 7.21. The van der Waals surface area contributed by atoms with Crippen molar-refractivity contribution in [1.29, 1.82) is 0 Å². The SMILES string of the molecule is O=C(Nc1ccc(C2CCCCC2)cc1)c1c(O)c2cc(-c3ccccc3)sc2[nH]c1=O. The molecule has 2 aromatic carbocycles. The van der Waals surface area contributed by atoms with E-state index in [4.69, 9.17) is 0 Å². The summed E-state index contributed by atoms with van der Waals surface area (Å²) < 4.78 is 0. The monoisotopic (exact) mass is 444 g/mol. The van der Waals surface area contributed by atoms with Gasteiger partial charge in [0.15, 0.2) is 0 Å². The minimum Gasteiger partial charge on any atom is -0.506 e. The Morgan fingerprint density at radius 3 is 2.44 bits per heavy atom. The third-order valence-electron chi connectivity index (χ3n) is 6.21. The molecule has 1 aliphatic rings. The zero-order chi connectivity index (χ0) is 22.1. The van der Waals surface area contributed by atoms with Gasteiger partial charge in [-0.3, -0.25) is 9.59 Å². The molecule has 0 unspecified atom stereocenters. The number of pyridine rings is 1. The summed E-state index contributed by atoms with van der Waals surface area (Å²) >= 11 is 1.37. The predicted molar refractivity (Wildman–Crippen MR) is 130 cm³/mol. The van der Waals surface area contributed by atoms with Crippen LogP contribution < -0.4 is 10.9 Å². The van der Waals surface area contributed by atoms with Crippen LogP contribution in [0.3, 0.4) is 0 Å². The maximum Gasteiger partial charge on any atom is 0.265 e. The molecule has 5 rings (SSSR count). The van der Waals surface area contributed by atoms with Gasteiger partial charge >= 0.3 is 0 Å². The first-order valence-corrected chi connectivity index (χ1v) is 11.8. The predicted octanol–water partition coefficient (Wildman–Crippen LogP) is 6.26. The van der Waals surface area contributed by atoms with Gasteiger partial charge in [-0.1, -0.05) is 61.7 Å². The minimum absolute atomic E-state index is 0.272. The van der Waals surface area contributed by atoms with Crippen molar-refractivity contribution in [2.45, 2.75) is 38.0 Å². The zero-order valence-electron chi connectivity index (χ0n) is 17.6. The van der Waals surface area contributed by atoms with Crippen LogP contribution in [-0.2, 0) is 0 Å². The Bertz CT molecular complexity index is 1320. The summed E-state index contributed by atoms with van der Waals surface area (Å²) in [4.78, 5) is 29.7. The van der Waals surface area contributed by atoms with Gasteiger partial charge in [-0.2, -0.15) is 0 Å². The van der Waals surface area contributed by atoms with Crippen molar-refractivity contribution in [3.8, 4) is 16.2 Å². The average Bonchev–Trinajstić information content (AvgIpc) is 3.25. The van der Waals surface area contributed by atoms with Crippen molar-refractivity contribution in [1.82, 2.24) is 4.98 Å². The number of hydrogen-bond donors (Lipinski definition) is 3. The number of H-pyrrole nitrogens is 1. The van der Waals surface area contributed by atoms with Crippen LogP contribution in [0.1, 0.15) is 53.9 Å². The number of benzene rings is 2. The molecule has 0 aliphatic heterocycles. The van der Waals surface area contributed by atoms with E-state index in [0.717, 1.165) is 10.4 Å². The number of rotatable bonds is 4. The fraction of sp³-hybridized carbons (Fsp3) is 0.231. The maximum absolute atomic E-state index is 12.9. The standard InChI is InChI=1S/C26H24N2O3S/c29-23-20-15-21(18-9-5-2-6-10-18)32-26(20)28-25(31)22(23)24(30)27-19-13-11-17(12-14-19)16-7-3-1-4-8-16/h2,5-6,9-16H,1,3-4,7-8H2,(H,27,30)(H2,28,29,31). The number of aromatic hydroxyl groups is 1. The fourth-order valence-electron chi connectivity index (χ4n) is 4.49. The van der Waals surface area contributed by atoms with Crippen LogP contribution in [0, 0.1) is 0 Å². The number of carbonyl (C=O) groups is 1. The van der Waals surface area contributed by atoms with Gasteiger partial charge in [0.1, 0.15) is 16.1 Å². The lowest BCUT2D eigenvalue weighted by atomic mass is 9.84. The van der Waals surface area contributed by atoms with Gasteiger partial charge < -0.3 is 15.4 Å². The molecular weight excluding hydrogens is 420 g/mol. The van der Waals surface area contributed by atoms with Crippen LogP contribution in [0.25, 0.3) is 20.7 Å². The van der Waals surface area contributed by atoms with Gasteiger partial charge in [-0.25, -0.2) is 0 Å². The van der Waals surface area contributed by atoms with E-state index < -0.39 is 11.5 Å². The van der Waals surface area contributed by atoms with E-state index in [1.54, 1.807) is 6.07 Å². The second kappa shape index (κ2) is 8.63. The second-order valence-corrected chi connectivity index (χ2v) is 9.36. The third-order valence-corrected chi connectivity index (χ3v) is 7.31. The largest absolute Gasteiger partial charge is 0.506 e. The number of nitrogens with one attached hydrogen (secondary N) is 2. The van der Waals surface area contributed by atoms with Crippen LogP contribution in [0.5, 0.6) is 5.75 Å². The number of fused-ring (bicyclic) bond motifs is 1. The second-order valence-electron chi connectivity index (χ2n) is 8.31. The summed E-state index contributed by atoms with van der Waals surface area (Å²) in [5, 5.41) is 14.0. The van der Waals surface area contributed by atoms with Crippen molar-refractivity contribution in [2.24, 2.45) is 0 Å². The lowest BCUT2D eigenvalue weighted by Gasteiger charge is -2.22. The van der Waals surface area contributed by atoms with Crippen molar-refractivity contribution < 1.29 is 9.90 Å². The van der Waals surface area contributed by atoms with Gasteiger partial charge in [0.05, 0.1) is 5.39 Å².